The van der Waals surface area contributed by atoms with Gasteiger partial charge in [0.15, 0.2) is 0 Å². The number of nitrogens with one attached hydrogen (secondary N) is 2. The molecule has 0 spiro atoms. The minimum atomic E-state index is -0.539. The van der Waals surface area contributed by atoms with Gasteiger partial charge in [-0.1, -0.05) is 29.8 Å². The van der Waals surface area contributed by atoms with Crippen molar-refractivity contribution in [1.82, 2.24) is 10.6 Å². The van der Waals surface area contributed by atoms with E-state index in [0.29, 0.717) is 0 Å². The molecule has 1 aromatic rings. The lowest BCUT2D eigenvalue weighted by atomic mass is 10.1. The summed E-state index contributed by atoms with van der Waals surface area (Å²) in [5.41, 5.74) is 1.93. The number of carbonyl (C=O) groups is 2. The average Bonchev–Trinajstić information content (AvgIpc) is 2.47. The topological polar surface area (TPSA) is 58.2 Å². The Hall–Kier alpha value is -1.84. The van der Waals surface area contributed by atoms with Gasteiger partial charge in [-0.25, -0.2) is 4.79 Å². The number of amides is 3. The van der Waals surface area contributed by atoms with Crippen LogP contribution in [0, 0.1) is 6.92 Å². The third-order valence-electron chi connectivity index (χ3n) is 2.19. The summed E-state index contributed by atoms with van der Waals surface area (Å²) in [6, 6.07) is 6.53. The van der Waals surface area contributed by atoms with Crippen LogP contribution in [0.5, 0.6) is 0 Å². The molecule has 0 bridgehead atoms. The first-order valence-electron chi connectivity index (χ1n) is 4.35. The summed E-state index contributed by atoms with van der Waals surface area (Å²) in [6.07, 6.45) is 0. The summed E-state index contributed by atoms with van der Waals surface area (Å²) in [7, 11) is 0. The molecule has 4 heteroatoms. The fraction of sp³-hybridized carbons (Fsp3) is 0.200. The maximum absolute atomic E-state index is 11.3. The van der Waals surface area contributed by atoms with Gasteiger partial charge < -0.3 is 5.32 Å². The van der Waals surface area contributed by atoms with E-state index in [-0.39, 0.29) is 5.91 Å². The highest BCUT2D eigenvalue weighted by molar-refractivity contribution is 6.04. The molecule has 3 amide bonds. The van der Waals surface area contributed by atoms with Crippen LogP contribution in [-0.4, -0.2) is 11.9 Å². The molecule has 0 saturated carbocycles. The lowest BCUT2D eigenvalue weighted by Gasteiger charge is -2.06. The Morgan fingerprint density at radius 2 is 1.79 bits per heavy atom. The van der Waals surface area contributed by atoms with Gasteiger partial charge in [0.25, 0.3) is 5.91 Å². The molecule has 72 valence electrons. The zero-order chi connectivity index (χ0) is 10.1. The second-order valence-corrected chi connectivity index (χ2v) is 3.31. The zero-order valence-electron chi connectivity index (χ0n) is 7.70. The summed E-state index contributed by atoms with van der Waals surface area (Å²) in [5, 5.41) is 4.73. The Labute approximate surface area is 81.3 Å². The highest BCUT2D eigenvalue weighted by Gasteiger charge is 2.30. The molecule has 1 fully saturated rings. The molecular weight excluding hydrogens is 180 g/mol. The summed E-state index contributed by atoms with van der Waals surface area (Å²) in [5.74, 6) is -0.293. The van der Waals surface area contributed by atoms with Crippen LogP contribution in [0.15, 0.2) is 24.3 Å². The number of carbonyl (C=O) groups excluding carboxylic acids is 2. The Balaban J connectivity index is 2.27. The fourth-order valence-corrected chi connectivity index (χ4v) is 1.41. The van der Waals surface area contributed by atoms with Crippen molar-refractivity contribution < 1.29 is 9.59 Å². The van der Waals surface area contributed by atoms with E-state index in [4.69, 9.17) is 0 Å². The molecule has 0 aliphatic carbocycles. The predicted octanol–water partition coefficient (Wildman–Crippen LogP) is 0.876. The van der Waals surface area contributed by atoms with Crippen LogP contribution in [0.1, 0.15) is 17.2 Å². The number of aryl methyl sites for hydroxylation is 1. The van der Waals surface area contributed by atoms with Gasteiger partial charge in [-0.15, -0.1) is 0 Å². The maximum atomic E-state index is 11.3. The van der Waals surface area contributed by atoms with Crippen LogP contribution in [0.2, 0.25) is 0 Å². The first-order chi connectivity index (χ1) is 6.66. The quantitative estimate of drug-likeness (QED) is 0.646. The molecule has 0 radical (unpaired) electrons. The van der Waals surface area contributed by atoms with Crippen molar-refractivity contribution in [1.29, 1.82) is 0 Å². The molecule has 1 aliphatic heterocycles. The third-order valence-corrected chi connectivity index (χ3v) is 2.19. The fourth-order valence-electron chi connectivity index (χ4n) is 1.41. The predicted molar refractivity (Wildman–Crippen MR) is 50.6 cm³/mol. The maximum Gasteiger partial charge on any atom is 0.322 e. The summed E-state index contributed by atoms with van der Waals surface area (Å²) >= 11 is 0. The number of hydrogen-bond acceptors (Lipinski definition) is 2. The third kappa shape index (κ3) is 1.46. The van der Waals surface area contributed by atoms with Gasteiger partial charge in [0.2, 0.25) is 0 Å². The molecule has 14 heavy (non-hydrogen) atoms. The number of benzene rings is 1. The molecule has 1 aromatic carbocycles. The number of imide groups is 1. The van der Waals surface area contributed by atoms with Crippen molar-refractivity contribution in [3.05, 3.63) is 35.4 Å². The Kier molecular flexibility index (Phi) is 1.96. The van der Waals surface area contributed by atoms with Crippen molar-refractivity contribution in [2.45, 2.75) is 13.0 Å². The Bertz CT molecular complexity index is 384. The van der Waals surface area contributed by atoms with Crippen LogP contribution >= 0.6 is 0 Å². The molecule has 4 nitrogen and oxygen atoms in total. The van der Waals surface area contributed by atoms with E-state index in [1.165, 1.54) is 0 Å². The smallest absolute Gasteiger partial charge is 0.322 e. The molecule has 1 aliphatic rings. The first-order valence-corrected chi connectivity index (χ1v) is 4.35. The summed E-state index contributed by atoms with van der Waals surface area (Å²) < 4.78 is 0. The second-order valence-electron chi connectivity index (χ2n) is 3.31. The monoisotopic (exact) mass is 190 g/mol. The highest BCUT2D eigenvalue weighted by atomic mass is 16.2. The van der Waals surface area contributed by atoms with Crippen molar-refractivity contribution in [2.24, 2.45) is 0 Å². The van der Waals surface area contributed by atoms with Crippen LogP contribution in [0.25, 0.3) is 0 Å². The van der Waals surface area contributed by atoms with Crippen LogP contribution < -0.4 is 10.6 Å². The molecule has 2 rings (SSSR count). The van der Waals surface area contributed by atoms with E-state index in [0.717, 1.165) is 11.1 Å². The van der Waals surface area contributed by atoms with Crippen molar-refractivity contribution in [3.8, 4) is 0 Å². The molecule has 1 saturated heterocycles. The van der Waals surface area contributed by atoms with E-state index in [1.54, 1.807) is 0 Å². The number of rotatable bonds is 1. The number of urea groups is 1. The van der Waals surface area contributed by atoms with Gasteiger partial charge in [0.05, 0.1) is 0 Å². The molecular formula is C10H10N2O2. The standard InChI is InChI=1S/C10H10N2O2/c1-6-2-4-7(5-3-6)8-9(13)12-10(14)11-8/h2-5,8H,1H3,(H2,11,12,13,14). The Morgan fingerprint density at radius 3 is 2.29 bits per heavy atom. The Morgan fingerprint density at radius 1 is 1.14 bits per heavy atom. The highest BCUT2D eigenvalue weighted by Crippen LogP contribution is 2.16. The zero-order valence-corrected chi connectivity index (χ0v) is 7.70. The largest absolute Gasteiger partial charge is 0.322 e. The van der Waals surface area contributed by atoms with Crippen LogP contribution in [0.3, 0.4) is 0 Å². The van der Waals surface area contributed by atoms with Crippen molar-refractivity contribution in [3.63, 3.8) is 0 Å². The normalized spacial score (nSPS) is 20.5. The second kappa shape index (κ2) is 3.14. The average molecular weight is 190 g/mol. The van der Waals surface area contributed by atoms with E-state index >= 15 is 0 Å². The minimum Gasteiger partial charge on any atom is -0.322 e. The van der Waals surface area contributed by atoms with Gasteiger partial charge >= 0.3 is 6.03 Å². The molecule has 2 N–H and O–H groups in total. The van der Waals surface area contributed by atoms with E-state index in [1.807, 2.05) is 31.2 Å². The van der Waals surface area contributed by atoms with Gasteiger partial charge in [-0.05, 0) is 12.5 Å². The first kappa shape index (κ1) is 8.74. The number of hydrogen-bond donors (Lipinski definition) is 2. The van der Waals surface area contributed by atoms with Crippen LogP contribution in [0.4, 0.5) is 4.79 Å². The van der Waals surface area contributed by atoms with Gasteiger partial charge in [-0.3, -0.25) is 10.1 Å². The van der Waals surface area contributed by atoms with Gasteiger partial charge in [0.1, 0.15) is 6.04 Å². The minimum absolute atomic E-state index is 0.293. The molecule has 1 unspecified atom stereocenters. The molecule has 1 atom stereocenters. The van der Waals surface area contributed by atoms with Crippen molar-refractivity contribution in [2.75, 3.05) is 0 Å². The van der Waals surface area contributed by atoms with Crippen molar-refractivity contribution >= 4 is 11.9 Å². The SMILES string of the molecule is Cc1ccc(C2NC(=O)NC2=O)cc1. The molecule has 0 aromatic heterocycles. The van der Waals surface area contributed by atoms with E-state index in [2.05, 4.69) is 10.6 Å². The van der Waals surface area contributed by atoms with E-state index in [9.17, 15) is 9.59 Å². The lowest BCUT2D eigenvalue weighted by Crippen LogP contribution is -2.22. The summed E-state index contributed by atoms with van der Waals surface area (Å²) in [6.45, 7) is 1.97. The van der Waals surface area contributed by atoms with Gasteiger partial charge in [0, 0.05) is 0 Å². The lowest BCUT2D eigenvalue weighted by molar-refractivity contribution is -0.120. The van der Waals surface area contributed by atoms with Crippen LogP contribution in [-0.2, 0) is 4.79 Å². The molecule has 1 heterocycles. The van der Waals surface area contributed by atoms with E-state index < -0.39 is 12.1 Å². The summed E-state index contributed by atoms with van der Waals surface area (Å²) in [4.78, 5) is 22.1. The van der Waals surface area contributed by atoms with Gasteiger partial charge in [-0.2, -0.15) is 0 Å².